The first kappa shape index (κ1) is 20.0. The number of amides is 1. The van der Waals surface area contributed by atoms with Crippen molar-refractivity contribution >= 4 is 17.4 Å². The Morgan fingerprint density at radius 2 is 1.66 bits per heavy atom. The van der Waals surface area contributed by atoms with E-state index in [-0.39, 0.29) is 5.91 Å². The zero-order valence-electron chi connectivity index (χ0n) is 16.6. The molecule has 0 saturated heterocycles. The molecule has 0 unspecified atom stereocenters. The van der Waals surface area contributed by atoms with Gasteiger partial charge in [-0.05, 0) is 42.0 Å². The van der Waals surface area contributed by atoms with Gasteiger partial charge in [-0.15, -0.1) is 0 Å². The van der Waals surface area contributed by atoms with Crippen molar-refractivity contribution in [2.45, 2.75) is 6.54 Å². The van der Waals surface area contributed by atoms with Gasteiger partial charge < -0.3 is 24.8 Å². The first-order valence-corrected chi connectivity index (χ1v) is 8.99. The standard InChI is InChI=1S/C22H23N3O4/c1-27-18-7-5-4-6-17(18)25-22(26)16-9-11-21(24-14-16)23-13-15-8-10-19(28-2)20(12-15)29-3/h4-12,14H,13H2,1-3H3,(H,23,24)(H,25,26). The predicted octanol–water partition coefficient (Wildman–Crippen LogP) is 3.97. The summed E-state index contributed by atoms with van der Waals surface area (Å²) in [5.41, 5.74) is 2.07. The molecular weight excluding hydrogens is 370 g/mol. The number of nitrogens with zero attached hydrogens (tertiary/aromatic N) is 1. The largest absolute Gasteiger partial charge is 0.495 e. The van der Waals surface area contributed by atoms with E-state index >= 15 is 0 Å². The van der Waals surface area contributed by atoms with Crippen LogP contribution in [0.4, 0.5) is 11.5 Å². The van der Waals surface area contributed by atoms with Crippen LogP contribution < -0.4 is 24.8 Å². The highest BCUT2D eigenvalue weighted by Crippen LogP contribution is 2.28. The Balaban J connectivity index is 1.62. The van der Waals surface area contributed by atoms with Crippen LogP contribution in [0.5, 0.6) is 17.2 Å². The van der Waals surface area contributed by atoms with Gasteiger partial charge in [-0.3, -0.25) is 4.79 Å². The molecule has 2 N–H and O–H groups in total. The van der Waals surface area contributed by atoms with Crippen molar-refractivity contribution in [1.82, 2.24) is 4.98 Å². The van der Waals surface area contributed by atoms with E-state index in [0.29, 0.717) is 40.9 Å². The van der Waals surface area contributed by atoms with E-state index in [1.54, 1.807) is 45.6 Å². The minimum Gasteiger partial charge on any atom is -0.495 e. The van der Waals surface area contributed by atoms with Gasteiger partial charge in [0.25, 0.3) is 5.91 Å². The molecule has 0 aliphatic carbocycles. The van der Waals surface area contributed by atoms with Crippen LogP contribution in [0.25, 0.3) is 0 Å². The average molecular weight is 393 g/mol. The Kier molecular flexibility index (Phi) is 6.52. The molecule has 0 aliphatic heterocycles. The van der Waals surface area contributed by atoms with Crippen molar-refractivity contribution in [3.8, 4) is 17.2 Å². The molecule has 3 aromatic rings. The van der Waals surface area contributed by atoms with Gasteiger partial charge in [0.1, 0.15) is 11.6 Å². The SMILES string of the molecule is COc1ccccc1NC(=O)c1ccc(NCc2ccc(OC)c(OC)c2)nc1. The Bertz CT molecular complexity index is 974. The highest BCUT2D eigenvalue weighted by molar-refractivity contribution is 6.04. The second-order valence-corrected chi connectivity index (χ2v) is 6.13. The van der Waals surface area contributed by atoms with Gasteiger partial charge in [0.2, 0.25) is 0 Å². The molecule has 0 radical (unpaired) electrons. The molecule has 7 nitrogen and oxygen atoms in total. The van der Waals surface area contributed by atoms with Crippen molar-refractivity contribution in [2.75, 3.05) is 32.0 Å². The van der Waals surface area contributed by atoms with Crippen molar-refractivity contribution < 1.29 is 19.0 Å². The summed E-state index contributed by atoms with van der Waals surface area (Å²) in [6, 6.07) is 16.4. The molecule has 0 fully saturated rings. The van der Waals surface area contributed by atoms with E-state index in [9.17, 15) is 4.79 Å². The lowest BCUT2D eigenvalue weighted by Crippen LogP contribution is -2.13. The zero-order valence-corrected chi connectivity index (χ0v) is 16.6. The molecule has 1 heterocycles. The molecule has 0 spiro atoms. The summed E-state index contributed by atoms with van der Waals surface area (Å²) in [6.45, 7) is 0.556. The number of rotatable bonds is 8. The molecule has 0 bridgehead atoms. The van der Waals surface area contributed by atoms with Crippen LogP contribution in [0.2, 0.25) is 0 Å². The number of aromatic nitrogens is 1. The third kappa shape index (κ3) is 4.95. The summed E-state index contributed by atoms with van der Waals surface area (Å²) in [4.78, 5) is 16.8. The Labute approximate surface area is 169 Å². The van der Waals surface area contributed by atoms with Crippen molar-refractivity contribution in [2.24, 2.45) is 0 Å². The molecule has 2 aromatic carbocycles. The topological polar surface area (TPSA) is 81.7 Å². The van der Waals surface area contributed by atoms with E-state index < -0.39 is 0 Å². The monoisotopic (exact) mass is 393 g/mol. The van der Waals surface area contributed by atoms with Gasteiger partial charge in [-0.2, -0.15) is 0 Å². The molecule has 0 saturated carbocycles. The normalized spacial score (nSPS) is 10.2. The fraction of sp³-hybridized carbons (Fsp3) is 0.182. The van der Waals surface area contributed by atoms with Crippen LogP contribution in [0.15, 0.2) is 60.8 Å². The summed E-state index contributed by atoms with van der Waals surface area (Å²) < 4.78 is 15.8. The summed E-state index contributed by atoms with van der Waals surface area (Å²) in [6.07, 6.45) is 1.53. The van der Waals surface area contributed by atoms with E-state index in [0.717, 1.165) is 5.56 Å². The molecule has 150 valence electrons. The maximum Gasteiger partial charge on any atom is 0.257 e. The third-order valence-electron chi connectivity index (χ3n) is 4.30. The van der Waals surface area contributed by atoms with E-state index in [2.05, 4.69) is 15.6 Å². The highest BCUT2D eigenvalue weighted by Gasteiger charge is 2.10. The number of hydrogen-bond acceptors (Lipinski definition) is 6. The Hall–Kier alpha value is -3.74. The van der Waals surface area contributed by atoms with Crippen LogP contribution in [0, 0.1) is 0 Å². The van der Waals surface area contributed by atoms with E-state index in [1.165, 1.54) is 6.20 Å². The summed E-state index contributed by atoms with van der Waals surface area (Å²) in [7, 11) is 4.77. The van der Waals surface area contributed by atoms with Crippen LogP contribution in [0.1, 0.15) is 15.9 Å². The second-order valence-electron chi connectivity index (χ2n) is 6.13. The van der Waals surface area contributed by atoms with Crippen LogP contribution in [-0.2, 0) is 6.54 Å². The van der Waals surface area contributed by atoms with Crippen molar-refractivity contribution in [1.29, 1.82) is 0 Å². The predicted molar refractivity (Wildman–Crippen MR) is 112 cm³/mol. The van der Waals surface area contributed by atoms with Crippen molar-refractivity contribution in [3.63, 3.8) is 0 Å². The number of nitrogens with one attached hydrogen (secondary N) is 2. The van der Waals surface area contributed by atoms with Crippen LogP contribution in [0.3, 0.4) is 0 Å². The minimum absolute atomic E-state index is 0.256. The van der Waals surface area contributed by atoms with Crippen molar-refractivity contribution in [3.05, 3.63) is 71.9 Å². The summed E-state index contributed by atoms with van der Waals surface area (Å²) in [5.74, 6) is 2.35. The number of hydrogen-bond donors (Lipinski definition) is 2. The van der Waals surface area contributed by atoms with Crippen LogP contribution >= 0.6 is 0 Å². The fourth-order valence-corrected chi connectivity index (χ4v) is 2.76. The van der Waals surface area contributed by atoms with E-state index in [4.69, 9.17) is 14.2 Å². The summed E-state index contributed by atoms with van der Waals surface area (Å²) in [5, 5.41) is 6.05. The number of carbonyl (C=O) groups is 1. The lowest BCUT2D eigenvalue weighted by molar-refractivity contribution is 0.102. The Morgan fingerprint density at radius 1 is 0.897 bits per heavy atom. The van der Waals surface area contributed by atoms with E-state index in [1.807, 2.05) is 30.3 Å². The zero-order chi connectivity index (χ0) is 20.6. The number of carbonyl (C=O) groups excluding carboxylic acids is 1. The molecule has 0 atom stereocenters. The van der Waals surface area contributed by atoms with Gasteiger partial charge in [0, 0.05) is 12.7 Å². The number of methoxy groups -OCH3 is 3. The number of para-hydroxylation sites is 2. The fourth-order valence-electron chi connectivity index (χ4n) is 2.76. The maximum absolute atomic E-state index is 12.5. The quantitative estimate of drug-likeness (QED) is 0.603. The number of anilines is 2. The second kappa shape index (κ2) is 9.45. The number of pyridine rings is 1. The van der Waals surface area contributed by atoms with Gasteiger partial charge in [-0.25, -0.2) is 4.98 Å². The first-order chi connectivity index (χ1) is 14.1. The van der Waals surface area contributed by atoms with Gasteiger partial charge in [0.05, 0.1) is 32.6 Å². The lowest BCUT2D eigenvalue weighted by Gasteiger charge is -2.11. The van der Waals surface area contributed by atoms with Gasteiger partial charge in [-0.1, -0.05) is 18.2 Å². The third-order valence-corrected chi connectivity index (χ3v) is 4.30. The number of benzene rings is 2. The molecule has 29 heavy (non-hydrogen) atoms. The molecule has 7 heteroatoms. The minimum atomic E-state index is -0.256. The molecular formula is C22H23N3O4. The summed E-state index contributed by atoms with van der Waals surface area (Å²) >= 11 is 0. The first-order valence-electron chi connectivity index (χ1n) is 8.99. The molecule has 1 aromatic heterocycles. The highest BCUT2D eigenvalue weighted by atomic mass is 16.5. The lowest BCUT2D eigenvalue weighted by atomic mass is 10.2. The maximum atomic E-state index is 12.5. The Morgan fingerprint density at radius 3 is 2.34 bits per heavy atom. The van der Waals surface area contributed by atoms with Gasteiger partial charge >= 0.3 is 0 Å². The average Bonchev–Trinajstić information content (AvgIpc) is 2.78. The van der Waals surface area contributed by atoms with Gasteiger partial charge in [0.15, 0.2) is 11.5 Å². The number of ether oxygens (including phenoxy) is 3. The van der Waals surface area contributed by atoms with Crippen LogP contribution in [-0.4, -0.2) is 32.2 Å². The molecule has 3 rings (SSSR count). The smallest absolute Gasteiger partial charge is 0.257 e. The molecule has 0 aliphatic rings. The molecule has 1 amide bonds.